The molecule has 1 unspecified atom stereocenters. The van der Waals surface area contributed by atoms with Crippen molar-refractivity contribution in [3.8, 4) is 5.75 Å². The highest BCUT2D eigenvalue weighted by atomic mass is 35.5. The Morgan fingerprint density at radius 1 is 1.50 bits per heavy atom. The summed E-state index contributed by atoms with van der Waals surface area (Å²) in [5.41, 5.74) is 0.261. The summed E-state index contributed by atoms with van der Waals surface area (Å²) in [4.78, 5) is 11.8. The van der Waals surface area contributed by atoms with Crippen LogP contribution in [0.1, 0.15) is 23.7 Å². The van der Waals surface area contributed by atoms with E-state index in [2.05, 4.69) is 10.1 Å². The number of amides is 1. The van der Waals surface area contributed by atoms with Crippen molar-refractivity contribution in [3.05, 3.63) is 29.8 Å². The third-order valence-corrected chi connectivity index (χ3v) is 2.71. The molecule has 1 aromatic carbocycles. The van der Waals surface area contributed by atoms with Gasteiger partial charge in [-0.3, -0.25) is 4.79 Å². The maximum absolute atomic E-state index is 12.0. The van der Waals surface area contributed by atoms with Crippen LogP contribution in [0, 0.1) is 0 Å². The summed E-state index contributed by atoms with van der Waals surface area (Å²) >= 11 is 5.66. The highest BCUT2D eigenvalue weighted by molar-refractivity contribution is 6.18. The summed E-state index contributed by atoms with van der Waals surface area (Å²) in [6, 6.07) is 5.49. The molecule has 1 atom stereocenters. The first kappa shape index (κ1) is 14.7. The van der Waals surface area contributed by atoms with Crippen molar-refractivity contribution in [3.63, 3.8) is 0 Å². The van der Waals surface area contributed by atoms with Crippen molar-refractivity contribution >= 4 is 17.5 Å². The fourth-order valence-corrected chi connectivity index (χ4v) is 1.63. The lowest BCUT2D eigenvalue weighted by molar-refractivity contribution is -0.0498. The molecule has 0 aliphatic rings. The van der Waals surface area contributed by atoms with Gasteiger partial charge in [0.1, 0.15) is 5.75 Å². The summed E-state index contributed by atoms with van der Waals surface area (Å²) in [6.45, 7) is -1.02. The van der Waals surface area contributed by atoms with E-state index in [0.717, 1.165) is 0 Å². The molecule has 0 saturated carbocycles. The highest BCUT2D eigenvalue weighted by Gasteiger charge is 2.12. The third-order valence-electron chi connectivity index (χ3n) is 2.34. The summed E-state index contributed by atoms with van der Waals surface area (Å²) in [7, 11) is 0. The molecule has 0 fully saturated rings. The zero-order valence-electron chi connectivity index (χ0n) is 9.83. The minimum absolute atomic E-state index is 0.0448. The van der Waals surface area contributed by atoms with E-state index in [4.69, 9.17) is 11.6 Å². The molecule has 0 bridgehead atoms. The second-order valence-corrected chi connectivity index (χ2v) is 3.95. The van der Waals surface area contributed by atoms with Crippen LogP contribution >= 0.6 is 11.6 Å². The molecule has 1 amide bonds. The summed E-state index contributed by atoms with van der Waals surface area (Å²) < 4.78 is 28.3. The number of benzene rings is 1. The average Bonchev–Trinajstić information content (AvgIpc) is 2.35. The Morgan fingerprint density at radius 3 is 2.78 bits per heavy atom. The van der Waals surface area contributed by atoms with Crippen LogP contribution in [0.15, 0.2) is 24.3 Å². The summed E-state index contributed by atoms with van der Waals surface area (Å²) in [6.07, 6.45) is 0.697. The number of nitrogens with one attached hydrogen (secondary N) is 1. The fourth-order valence-electron chi connectivity index (χ4n) is 1.33. The Labute approximate surface area is 109 Å². The van der Waals surface area contributed by atoms with Gasteiger partial charge in [0.15, 0.2) is 0 Å². The Balaban J connectivity index is 2.73. The lowest BCUT2D eigenvalue weighted by atomic mass is 10.1. The van der Waals surface area contributed by atoms with Gasteiger partial charge in [-0.2, -0.15) is 8.78 Å². The lowest BCUT2D eigenvalue weighted by Gasteiger charge is -2.14. The van der Waals surface area contributed by atoms with Crippen molar-refractivity contribution < 1.29 is 18.3 Å². The zero-order valence-corrected chi connectivity index (χ0v) is 10.6. The topological polar surface area (TPSA) is 38.3 Å². The quantitative estimate of drug-likeness (QED) is 0.812. The fraction of sp³-hybridized carbons (Fsp3) is 0.417. The van der Waals surface area contributed by atoms with Gasteiger partial charge in [0.25, 0.3) is 5.91 Å². The second kappa shape index (κ2) is 7.16. The number of rotatable bonds is 6. The zero-order chi connectivity index (χ0) is 13.5. The van der Waals surface area contributed by atoms with Gasteiger partial charge in [0.2, 0.25) is 0 Å². The predicted octanol–water partition coefficient (Wildman–Crippen LogP) is 3.04. The Morgan fingerprint density at radius 2 is 2.22 bits per heavy atom. The number of halogens is 3. The predicted molar refractivity (Wildman–Crippen MR) is 65.3 cm³/mol. The van der Waals surface area contributed by atoms with E-state index in [1.807, 2.05) is 6.92 Å². The Kier molecular flexibility index (Phi) is 5.85. The van der Waals surface area contributed by atoms with Crippen molar-refractivity contribution in [1.82, 2.24) is 5.32 Å². The smallest absolute Gasteiger partial charge is 0.387 e. The van der Waals surface area contributed by atoms with Gasteiger partial charge < -0.3 is 10.1 Å². The van der Waals surface area contributed by atoms with Crippen LogP contribution in [0.2, 0.25) is 0 Å². The maximum Gasteiger partial charge on any atom is 0.387 e. The standard InChI is InChI=1S/C12H14ClF2NO2/c1-2-9(7-13)16-11(17)8-4-3-5-10(6-8)18-12(14)15/h3-6,9,12H,2,7H2,1H3,(H,16,17). The molecule has 3 nitrogen and oxygen atoms in total. The molecular formula is C12H14ClF2NO2. The molecule has 1 rings (SSSR count). The van der Waals surface area contributed by atoms with Crippen molar-refractivity contribution in [1.29, 1.82) is 0 Å². The number of carbonyl (C=O) groups is 1. The van der Waals surface area contributed by atoms with Crippen molar-refractivity contribution in [2.75, 3.05) is 5.88 Å². The van der Waals surface area contributed by atoms with E-state index in [9.17, 15) is 13.6 Å². The monoisotopic (exact) mass is 277 g/mol. The number of ether oxygens (including phenoxy) is 1. The molecule has 0 spiro atoms. The number of alkyl halides is 3. The van der Waals surface area contributed by atoms with Gasteiger partial charge in [-0.15, -0.1) is 11.6 Å². The van der Waals surface area contributed by atoms with Crippen LogP contribution in [-0.4, -0.2) is 24.4 Å². The molecule has 0 aliphatic heterocycles. The third kappa shape index (κ3) is 4.49. The second-order valence-electron chi connectivity index (χ2n) is 3.64. The number of hydrogen-bond donors (Lipinski definition) is 1. The van der Waals surface area contributed by atoms with E-state index in [-0.39, 0.29) is 23.3 Å². The molecule has 0 aliphatic carbocycles. The highest BCUT2D eigenvalue weighted by Crippen LogP contribution is 2.16. The van der Waals surface area contributed by atoms with Gasteiger partial charge >= 0.3 is 6.61 Å². The Hall–Kier alpha value is -1.36. The van der Waals surface area contributed by atoms with Gasteiger partial charge in [0.05, 0.1) is 0 Å². The molecule has 6 heteroatoms. The minimum atomic E-state index is -2.91. The van der Waals surface area contributed by atoms with Gasteiger partial charge in [0, 0.05) is 17.5 Å². The first-order valence-corrected chi connectivity index (χ1v) is 6.02. The van der Waals surface area contributed by atoms with Crippen LogP contribution in [0.25, 0.3) is 0 Å². The van der Waals surface area contributed by atoms with Crippen LogP contribution in [0.4, 0.5) is 8.78 Å². The minimum Gasteiger partial charge on any atom is -0.435 e. The molecule has 18 heavy (non-hydrogen) atoms. The van der Waals surface area contributed by atoms with E-state index in [1.54, 1.807) is 0 Å². The van der Waals surface area contributed by atoms with E-state index in [1.165, 1.54) is 24.3 Å². The lowest BCUT2D eigenvalue weighted by Crippen LogP contribution is -2.35. The first-order chi connectivity index (χ1) is 8.56. The van der Waals surface area contributed by atoms with Gasteiger partial charge in [-0.1, -0.05) is 13.0 Å². The molecular weight excluding hydrogens is 264 g/mol. The van der Waals surface area contributed by atoms with Crippen LogP contribution < -0.4 is 10.1 Å². The Bertz CT molecular complexity index is 397. The van der Waals surface area contributed by atoms with E-state index < -0.39 is 6.61 Å². The van der Waals surface area contributed by atoms with Crippen LogP contribution in [0.3, 0.4) is 0 Å². The molecule has 0 saturated heterocycles. The molecule has 0 aromatic heterocycles. The molecule has 0 heterocycles. The molecule has 0 radical (unpaired) electrons. The summed E-state index contributed by atoms with van der Waals surface area (Å²) in [5, 5.41) is 2.70. The van der Waals surface area contributed by atoms with Crippen LogP contribution in [-0.2, 0) is 0 Å². The average molecular weight is 278 g/mol. The van der Waals surface area contributed by atoms with E-state index >= 15 is 0 Å². The number of carbonyl (C=O) groups excluding carboxylic acids is 1. The molecule has 1 N–H and O–H groups in total. The van der Waals surface area contributed by atoms with E-state index in [0.29, 0.717) is 12.3 Å². The van der Waals surface area contributed by atoms with Gasteiger partial charge in [-0.25, -0.2) is 0 Å². The van der Waals surface area contributed by atoms with Gasteiger partial charge in [-0.05, 0) is 24.6 Å². The maximum atomic E-state index is 12.0. The van der Waals surface area contributed by atoms with Crippen LogP contribution in [0.5, 0.6) is 5.75 Å². The van der Waals surface area contributed by atoms with Crippen molar-refractivity contribution in [2.45, 2.75) is 26.0 Å². The first-order valence-electron chi connectivity index (χ1n) is 5.48. The van der Waals surface area contributed by atoms with Crippen molar-refractivity contribution in [2.24, 2.45) is 0 Å². The SMILES string of the molecule is CCC(CCl)NC(=O)c1cccc(OC(F)F)c1. The normalized spacial score (nSPS) is 12.3. The summed E-state index contributed by atoms with van der Waals surface area (Å²) in [5.74, 6) is -0.103. The molecule has 100 valence electrons. The number of hydrogen-bond acceptors (Lipinski definition) is 2. The molecule has 1 aromatic rings. The largest absolute Gasteiger partial charge is 0.435 e.